The average Bonchev–Trinajstić information content (AvgIpc) is 2.62. The molecule has 2 aromatic rings. The number of thioether (sulfide) groups is 1. The summed E-state index contributed by atoms with van der Waals surface area (Å²) in [4.78, 5) is 23.5. The van der Waals surface area contributed by atoms with E-state index in [0.717, 1.165) is 11.5 Å². The standard InChI is InChI=1S/C18H20N2O3S/c1-19-18(22)14-6-5-7-15(12-14)20-17(21)13-24-11-10-23-16-8-3-2-4-9-16/h2-9,12H,10-11,13H2,1H3,(H,19,22)(H,20,21). The molecule has 126 valence electrons. The fourth-order valence-electron chi connectivity index (χ4n) is 1.98. The van der Waals surface area contributed by atoms with E-state index in [4.69, 9.17) is 4.74 Å². The molecular weight excluding hydrogens is 324 g/mol. The second-order valence-corrected chi connectivity index (χ2v) is 6.03. The van der Waals surface area contributed by atoms with Crippen molar-refractivity contribution in [3.8, 4) is 5.75 Å². The average molecular weight is 344 g/mol. The van der Waals surface area contributed by atoms with E-state index in [1.54, 1.807) is 31.3 Å². The summed E-state index contributed by atoms with van der Waals surface area (Å²) < 4.78 is 5.56. The molecule has 0 spiro atoms. The Hall–Kier alpha value is -2.47. The molecule has 0 heterocycles. The lowest BCUT2D eigenvalue weighted by Crippen LogP contribution is -2.19. The number of amides is 2. The van der Waals surface area contributed by atoms with Crippen molar-refractivity contribution in [1.29, 1.82) is 0 Å². The fourth-order valence-corrected chi connectivity index (χ4v) is 2.58. The smallest absolute Gasteiger partial charge is 0.251 e. The number of rotatable bonds is 8. The Kier molecular flexibility index (Phi) is 7.17. The Balaban J connectivity index is 1.69. The number of ether oxygens (including phenoxy) is 1. The van der Waals surface area contributed by atoms with Crippen molar-refractivity contribution in [2.45, 2.75) is 0 Å². The maximum atomic E-state index is 11.9. The molecule has 2 amide bonds. The first kappa shape index (κ1) is 17.9. The Morgan fingerprint density at radius 1 is 1.08 bits per heavy atom. The van der Waals surface area contributed by atoms with Gasteiger partial charge in [-0.15, -0.1) is 11.8 Å². The molecule has 2 N–H and O–H groups in total. The van der Waals surface area contributed by atoms with E-state index in [9.17, 15) is 9.59 Å². The first-order valence-corrected chi connectivity index (χ1v) is 8.72. The van der Waals surface area contributed by atoms with E-state index in [-0.39, 0.29) is 11.8 Å². The van der Waals surface area contributed by atoms with Crippen LogP contribution in [-0.2, 0) is 4.79 Å². The molecule has 0 fully saturated rings. The van der Waals surface area contributed by atoms with Crippen LogP contribution in [0, 0.1) is 0 Å². The van der Waals surface area contributed by atoms with Gasteiger partial charge >= 0.3 is 0 Å². The number of carbonyl (C=O) groups is 2. The molecule has 2 aromatic carbocycles. The van der Waals surface area contributed by atoms with Crippen molar-refractivity contribution < 1.29 is 14.3 Å². The van der Waals surface area contributed by atoms with Gasteiger partial charge in [0.25, 0.3) is 5.91 Å². The summed E-state index contributed by atoms with van der Waals surface area (Å²) in [6.45, 7) is 0.550. The molecule has 0 radical (unpaired) electrons. The van der Waals surface area contributed by atoms with Gasteiger partial charge in [-0.2, -0.15) is 0 Å². The van der Waals surface area contributed by atoms with E-state index in [0.29, 0.717) is 23.6 Å². The molecule has 24 heavy (non-hydrogen) atoms. The molecule has 5 nitrogen and oxygen atoms in total. The van der Waals surface area contributed by atoms with Gasteiger partial charge in [0.05, 0.1) is 12.4 Å². The third-order valence-corrected chi connectivity index (χ3v) is 4.03. The van der Waals surface area contributed by atoms with Crippen LogP contribution in [0.15, 0.2) is 54.6 Å². The van der Waals surface area contributed by atoms with Crippen molar-refractivity contribution in [3.63, 3.8) is 0 Å². The number of para-hydroxylation sites is 1. The van der Waals surface area contributed by atoms with Crippen LogP contribution >= 0.6 is 11.8 Å². The van der Waals surface area contributed by atoms with Crippen LogP contribution in [0.1, 0.15) is 10.4 Å². The molecule has 0 saturated heterocycles. The zero-order valence-electron chi connectivity index (χ0n) is 13.5. The highest BCUT2D eigenvalue weighted by Gasteiger charge is 2.06. The van der Waals surface area contributed by atoms with Crippen molar-refractivity contribution in [2.75, 3.05) is 30.5 Å². The molecule has 0 aliphatic heterocycles. The SMILES string of the molecule is CNC(=O)c1cccc(NC(=O)CSCCOc2ccccc2)c1. The van der Waals surface area contributed by atoms with Gasteiger partial charge in [0.2, 0.25) is 5.91 Å². The summed E-state index contributed by atoms with van der Waals surface area (Å²) in [7, 11) is 1.57. The first-order chi connectivity index (χ1) is 11.7. The van der Waals surface area contributed by atoms with Gasteiger partial charge in [0.1, 0.15) is 5.75 Å². The quantitative estimate of drug-likeness (QED) is 0.723. The Morgan fingerprint density at radius 3 is 2.62 bits per heavy atom. The lowest BCUT2D eigenvalue weighted by Gasteiger charge is -2.08. The van der Waals surface area contributed by atoms with E-state index in [1.165, 1.54) is 11.8 Å². The third-order valence-electron chi connectivity index (χ3n) is 3.11. The zero-order chi connectivity index (χ0) is 17.2. The van der Waals surface area contributed by atoms with Crippen LogP contribution in [0.4, 0.5) is 5.69 Å². The number of anilines is 1. The second-order valence-electron chi connectivity index (χ2n) is 4.92. The number of carbonyl (C=O) groups excluding carboxylic acids is 2. The minimum atomic E-state index is -0.182. The minimum Gasteiger partial charge on any atom is -0.493 e. The monoisotopic (exact) mass is 344 g/mol. The normalized spacial score (nSPS) is 10.0. The Labute approximate surface area is 145 Å². The van der Waals surface area contributed by atoms with E-state index < -0.39 is 0 Å². The molecule has 0 bridgehead atoms. The Morgan fingerprint density at radius 2 is 1.88 bits per heavy atom. The number of hydrogen-bond acceptors (Lipinski definition) is 4. The molecule has 6 heteroatoms. The van der Waals surface area contributed by atoms with Crippen LogP contribution in [0.2, 0.25) is 0 Å². The molecule has 0 aliphatic rings. The van der Waals surface area contributed by atoms with Crippen molar-refractivity contribution >= 4 is 29.3 Å². The number of benzene rings is 2. The molecular formula is C18H20N2O3S. The van der Waals surface area contributed by atoms with Gasteiger partial charge in [-0.25, -0.2) is 0 Å². The molecule has 0 unspecified atom stereocenters. The van der Waals surface area contributed by atoms with Crippen molar-refractivity contribution in [2.24, 2.45) is 0 Å². The summed E-state index contributed by atoms with van der Waals surface area (Å²) in [5.74, 6) is 1.60. The largest absolute Gasteiger partial charge is 0.493 e. The predicted octanol–water partition coefficient (Wildman–Crippen LogP) is 2.80. The summed E-state index contributed by atoms with van der Waals surface area (Å²) >= 11 is 1.50. The summed E-state index contributed by atoms with van der Waals surface area (Å²) in [5.41, 5.74) is 1.13. The molecule has 0 aliphatic carbocycles. The lowest BCUT2D eigenvalue weighted by atomic mass is 10.2. The Bertz CT molecular complexity index is 677. The molecule has 0 saturated carbocycles. The summed E-state index contributed by atoms with van der Waals surface area (Å²) in [6.07, 6.45) is 0. The number of nitrogens with one attached hydrogen (secondary N) is 2. The highest BCUT2D eigenvalue weighted by atomic mass is 32.2. The highest BCUT2D eigenvalue weighted by Crippen LogP contribution is 2.12. The minimum absolute atomic E-state index is 0.103. The predicted molar refractivity (Wildman–Crippen MR) is 97.7 cm³/mol. The topological polar surface area (TPSA) is 67.4 Å². The van der Waals surface area contributed by atoms with E-state index in [2.05, 4.69) is 10.6 Å². The maximum Gasteiger partial charge on any atom is 0.251 e. The molecule has 2 rings (SSSR count). The van der Waals surface area contributed by atoms with E-state index >= 15 is 0 Å². The summed E-state index contributed by atoms with van der Waals surface area (Å²) in [6, 6.07) is 16.4. The number of hydrogen-bond donors (Lipinski definition) is 2. The first-order valence-electron chi connectivity index (χ1n) is 7.56. The maximum absolute atomic E-state index is 11.9. The van der Waals surface area contributed by atoms with Crippen molar-refractivity contribution in [1.82, 2.24) is 5.32 Å². The molecule has 0 atom stereocenters. The van der Waals surface area contributed by atoms with Gasteiger partial charge < -0.3 is 15.4 Å². The van der Waals surface area contributed by atoms with Gasteiger partial charge in [-0.1, -0.05) is 24.3 Å². The molecule has 0 aromatic heterocycles. The zero-order valence-corrected chi connectivity index (χ0v) is 14.3. The van der Waals surface area contributed by atoms with Crippen LogP contribution < -0.4 is 15.4 Å². The third kappa shape index (κ3) is 5.96. The van der Waals surface area contributed by atoms with Crippen LogP contribution in [0.25, 0.3) is 0 Å². The van der Waals surface area contributed by atoms with Gasteiger partial charge in [0, 0.05) is 24.1 Å². The van der Waals surface area contributed by atoms with Crippen LogP contribution in [-0.4, -0.2) is 37.0 Å². The van der Waals surface area contributed by atoms with E-state index in [1.807, 2.05) is 30.3 Å². The fraction of sp³-hybridized carbons (Fsp3) is 0.222. The van der Waals surface area contributed by atoms with Crippen LogP contribution in [0.3, 0.4) is 0 Å². The second kappa shape index (κ2) is 9.62. The van der Waals surface area contributed by atoms with Gasteiger partial charge in [-0.05, 0) is 30.3 Å². The van der Waals surface area contributed by atoms with Crippen molar-refractivity contribution in [3.05, 3.63) is 60.2 Å². The summed E-state index contributed by atoms with van der Waals surface area (Å²) in [5, 5.41) is 5.34. The van der Waals surface area contributed by atoms with Crippen LogP contribution in [0.5, 0.6) is 5.75 Å². The lowest BCUT2D eigenvalue weighted by molar-refractivity contribution is -0.113. The van der Waals surface area contributed by atoms with Gasteiger partial charge in [0.15, 0.2) is 0 Å². The highest BCUT2D eigenvalue weighted by molar-refractivity contribution is 7.99. The van der Waals surface area contributed by atoms with Gasteiger partial charge in [-0.3, -0.25) is 9.59 Å².